The minimum atomic E-state index is -0.252. The van der Waals surface area contributed by atoms with Crippen molar-refractivity contribution in [1.29, 1.82) is 0 Å². The molecule has 1 amide bonds. The molecular weight excluding hydrogens is 434 g/mol. The Balaban J connectivity index is 1.54. The molecule has 5 aromatic rings. The van der Waals surface area contributed by atoms with E-state index >= 15 is 0 Å². The summed E-state index contributed by atoms with van der Waals surface area (Å²) in [6.07, 6.45) is 1.88. The van der Waals surface area contributed by atoms with Crippen LogP contribution in [0.15, 0.2) is 81.2 Å². The van der Waals surface area contributed by atoms with Gasteiger partial charge in [-0.25, -0.2) is 4.98 Å². The van der Waals surface area contributed by atoms with E-state index in [2.05, 4.69) is 20.6 Å². The molecule has 164 valence electrons. The fraction of sp³-hybridized carbons (Fsp3) is 0.120. The van der Waals surface area contributed by atoms with E-state index in [0.29, 0.717) is 28.1 Å². The van der Waals surface area contributed by atoms with Crippen LogP contribution in [0, 0.1) is 13.8 Å². The van der Waals surface area contributed by atoms with Crippen molar-refractivity contribution in [2.45, 2.75) is 23.6 Å². The number of nitrogens with zero attached hydrogens (tertiary/aromatic N) is 4. The number of nitrogens with one attached hydrogen (secondary N) is 1. The lowest BCUT2D eigenvalue weighted by Crippen LogP contribution is -2.13. The summed E-state index contributed by atoms with van der Waals surface area (Å²) in [6, 6.07) is 19.6. The summed E-state index contributed by atoms with van der Waals surface area (Å²) < 4.78 is 7.15. The Hall–Kier alpha value is -3.91. The van der Waals surface area contributed by atoms with Gasteiger partial charge >= 0.3 is 0 Å². The van der Waals surface area contributed by atoms with E-state index in [-0.39, 0.29) is 5.91 Å². The van der Waals surface area contributed by atoms with Gasteiger partial charge in [0, 0.05) is 28.6 Å². The van der Waals surface area contributed by atoms with Crippen LogP contribution in [0.1, 0.15) is 21.7 Å². The quantitative estimate of drug-likeness (QED) is 0.369. The average Bonchev–Trinajstić information content (AvgIpc) is 3.36. The number of fused-ring (bicyclic) bond motifs is 1. The highest BCUT2D eigenvalue weighted by atomic mass is 32.2. The summed E-state index contributed by atoms with van der Waals surface area (Å²) in [5, 5.41) is 12.1. The summed E-state index contributed by atoms with van der Waals surface area (Å²) in [5.74, 6) is -0.252. The Labute approximate surface area is 194 Å². The van der Waals surface area contributed by atoms with Gasteiger partial charge in [0.25, 0.3) is 11.6 Å². The average molecular weight is 456 g/mol. The van der Waals surface area contributed by atoms with Crippen LogP contribution in [0.2, 0.25) is 0 Å². The van der Waals surface area contributed by atoms with Crippen molar-refractivity contribution in [1.82, 2.24) is 19.9 Å². The SMILES string of the molecule is Cc1nn(C)cc1-c1cc(C(=O)Nc2ccccc2Sc2ccccc2)c2c(C)noc2n1. The van der Waals surface area contributed by atoms with E-state index in [1.807, 2.05) is 74.8 Å². The molecule has 3 heterocycles. The van der Waals surface area contributed by atoms with Gasteiger partial charge in [0.2, 0.25) is 0 Å². The molecule has 0 spiro atoms. The summed E-state index contributed by atoms with van der Waals surface area (Å²) in [7, 11) is 1.85. The number of hydrogen-bond acceptors (Lipinski definition) is 6. The Kier molecular flexibility index (Phi) is 5.43. The lowest BCUT2D eigenvalue weighted by atomic mass is 10.1. The number of carbonyl (C=O) groups excluding carboxylic acids is 1. The van der Waals surface area contributed by atoms with Gasteiger partial charge in [-0.1, -0.05) is 47.3 Å². The molecular formula is C25H21N5O2S. The number of aromatic nitrogens is 4. The van der Waals surface area contributed by atoms with Crippen molar-refractivity contribution in [2.75, 3.05) is 5.32 Å². The Morgan fingerprint density at radius 3 is 2.55 bits per heavy atom. The molecule has 0 saturated carbocycles. The van der Waals surface area contributed by atoms with E-state index < -0.39 is 0 Å². The van der Waals surface area contributed by atoms with Gasteiger partial charge in [0.05, 0.1) is 33.7 Å². The molecule has 5 rings (SSSR count). The van der Waals surface area contributed by atoms with E-state index in [9.17, 15) is 4.79 Å². The summed E-state index contributed by atoms with van der Waals surface area (Å²) in [4.78, 5) is 20.2. The predicted octanol–water partition coefficient (Wildman–Crippen LogP) is 5.64. The van der Waals surface area contributed by atoms with Crippen LogP contribution >= 0.6 is 11.8 Å². The largest absolute Gasteiger partial charge is 0.335 e. The lowest BCUT2D eigenvalue weighted by molar-refractivity contribution is 0.102. The summed E-state index contributed by atoms with van der Waals surface area (Å²) >= 11 is 1.60. The van der Waals surface area contributed by atoms with Gasteiger partial charge in [0.15, 0.2) is 0 Å². The van der Waals surface area contributed by atoms with Crippen LogP contribution < -0.4 is 5.32 Å². The number of pyridine rings is 1. The third-order valence-electron chi connectivity index (χ3n) is 5.26. The molecule has 2 aromatic carbocycles. The molecule has 0 aliphatic rings. The number of hydrogen-bond donors (Lipinski definition) is 1. The van der Waals surface area contributed by atoms with Crippen molar-refractivity contribution in [3.05, 3.63) is 83.8 Å². The van der Waals surface area contributed by atoms with E-state index in [4.69, 9.17) is 4.52 Å². The number of benzene rings is 2. The zero-order valence-electron chi connectivity index (χ0n) is 18.4. The van der Waals surface area contributed by atoms with E-state index in [0.717, 1.165) is 26.7 Å². The van der Waals surface area contributed by atoms with Crippen molar-refractivity contribution >= 4 is 34.5 Å². The third-order valence-corrected chi connectivity index (χ3v) is 6.34. The van der Waals surface area contributed by atoms with E-state index in [1.165, 1.54) is 0 Å². The first kappa shape index (κ1) is 21.0. The summed E-state index contributed by atoms with van der Waals surface area (Å²) in [6.45, 7) is 3.71. The second-order valence-electron chi connectivity index (χ2n) is 7.67. The second-order valence-corrected chi connectivity index (χ2v) is 8.79. The predicted molar refractivity (Wildman–Crippen MR) is 128 cm³/mol. The van der Waals surface area contributed by atoms with Crippen LogP contribution in [-0.4, -0.2) is 25.8 Å². The van der Waals surface area contributed by atoms with Crippen LogP contribution in [0.4, 0.5) is 5.69 Å². The number of aryl methyl sites for hydroxylation is 3. The maximum atomic E-state index is 13.5. The standard InChI is InChI=1S/C25H21N5O2S/c1-15-19(14-30(3)28-15)21-13-18(23-16(2)29-32-25(23)27-21)24(31)26-20-11-7-8-12-22(20)33-17-9-5-4-6-10-17/h4-14H,1-3H3,(H,26,31). The van der Waals surface area contributed by atoms with Crippen molar-refractivity contribution in [3.8, 4) is 11.3 Å². The molecule has 3 aromatic heterocycles. The molecule has 7 nitrogen and oxygen atoms in total. The van der Waals surface area contributed by atoms with Crippen molar-refractivity contribution in [3.63, 3.8) is 0 Å². The fourth-order valence-electron chi connectivity index (χ4n) is 3.73. The van der Waals surface area contributed by atoms with Gasteiger partial charge < -0.3 is 9.84 Å². The van der Waals surface area contributed by atoms with Crippen LogP contribution in [0.3, 0.4) is 0 Å². The minimum Gasteiger partial charge on any atom is -0.335 e. The van der Waals surface area contributed by atoms with Crippen molar-refractivity contribution < 1.29 is 9.32 Å². The molecule has 0 aliphatic carbocycles. The van der Waals surface area contributed by atoms with Gasteiger partial charge in [-0.2, -0.15) is 5.10 Å². The zero-order valence-corrected chi connectivity index (χ0v) is 19.2. The smallest absolute Gasteiger partial charge is 0.259 e. The van der Waals surface area contributed by atoms with Gasteiger partial charge in [0.1, 0.15) is 0 Å². The Bertz CT molecular complexity index is 1470. The normalized spacial score (nSPS) is 11.1. The molecule has 33 heavy (non-hydrogen) atoms. The molecule has 0 aliphatic heterocycles. The number of rotatable bonds is 5. The first-order chi connectivity index (χ1) is 16.0. The molecule has 0 bridgehead atoms. The molecule has 8 heteroatoms. The monoisotopic (exact) mass is 455 g/mol. The lowest BCUT2D eigenvalue weighted by Gasteiger charge is -2.12. The van der Waals surface area contributed by atoms with Crippen molar-refractivity contribution in [2.24, 2.45) is 7.05 Å². The minimum absolute atomic E-state index is 0.252. The van der Waals surface area contributed by atoms with Gasteiger partial charge in [-0.3, -0.25) is 9.48 Å². The number of amides is 1. The molecule has 0 radical (unpaired) electrons. The Morgan fingerprint density at radius 2 is 1.79 bits per heavy atom. The zero-order chi connectivity index (χ0) is 22.9. The molecule has 0 fully saturated rings. The maximum absolute atomic E-state index is 13.5. The highest BCUT2D eigenvalue weighted by molar-refractivity contribution is 7.99. The van der Waals surface area contributed by atoms with E-state index in [1.54, 1.807) is 29.4 Å². The summed E-state index contributed by atoms with van der Waals surface area (Å²) in [5.41, 5.74) is 4.39. The topological polar surface area (TPSA) is 85.8 Å². The fourth-order valence-corrected chi connectivity index (χ4v) is 4.65. The molecule has 0 unspecified atom stereocenters. The van der Waals surface area contributed by atoms with Gasteiger partial charge in [-0.15, -0.1) is 0 Å². The maximum Gasteiger partial charge on any atom is 0.259 e. The van der Waals surface area contributed by atoms with Gasteiger partial charge in [-0.05, 0) is 44.2 Å². The number of para-hydroxylation sites is 1. The Morgan fingerprint density at radius 1 is 1.03 bits per heavy atom. The highest BCUT2D eigenvalue weighted by Gasteiger charge is 2.21. The van der Waals surface area contributed by atoms with Crippen LogP contribution in [-0.2, 0) is 7.05 Å². The first-order valence-corrected chi connectivity index (χ1v) is 11.2. The molecule has 1 N–H and O–H groups in total. The number of carbonyl (C=O) groups is 1. The first-order valence-electron chi connectivity index (χ1n) is 10.4. The highest BCUT2D eigenvalue weighted by Crippen LogP contribution is 2.34. The second kappa shape index (κ2) is 8.55. The van der Waals surface area contributed by atoms with Crippen LogP contribution in [0.5, 0.6) is 0 Å². The van der Waals surface area contributed by atoms with Crippen LogP contribution in [0.25, 0.3) is 22.4 Å². The third kappa shape index (κ3) is 4.12. The molecule has 0 atom stereocenters. The number of anilines is 1. The molecule has 0 saturated heterocycles.